The molecule has 0 bridgehead atoms. The summed E-state index contributed by atoms with van der Waals surface area (Å²) >= 11 is 0. The highest BCUT2D eigenvalue weighted by Gasteiger charge is 2.35. The number of amides is 1. The molecule has 0 aromatic carbocycles. The minimum absolute atomic E-state index is 0.121. The minimum atomic E-state index is 0.121. The summed E-state index contributed by atoms with van der Waals surface area (Å²) in [5.74, 6) is 1.37. The third-order valence-corrected chi connectivity index (χ3v) is 6.95. The molecule has 0 unspecified atom stereocenters. The maximum absolute atomic E-state index is 12.3. The molecule has 0 N–H and O–H groups in total. The van der Waals surface area contributed by atoms with E-state index in [1.54, 1.807) is 6.33 Å². The molecule has 2 aromatic heterocycles. The van der Waals surface area contributed by atoms with Crippen LogP contribution in [-0.4, -0.2) is 44.5 Å². The summed E-state index contributed by atoms with van der Waals surface area (Å²) in [4.78, 5) is 23.4. The standard InChI is InChI=1S/C22H30N4O2/c1-14-15(2)26(17-5-3-4-6-17)20-19(14)21(24-13-23-20)28-18-9-11-25(12-10-18)22(27)16-7-8-16/h13,16-18H,3-12H2,1-2H3. The molecule has 0 spiro atoms. The zero-order valence-corrected chi connectivity index (χ0v) is 17.0. The third-order valence-electron chi connectivity index (χ3n) is 6.95. The number of carbonyl (C=O) groups excluding carboxylic acids is 1. The molecule has 0 atom stereocenters. The zero-order valence-electron chi connectivity index (χ0n) is 17.0. The highest BCUT2D eigenvalue weighted by molar-refractivity contribution is 5.86. The Kier molecular flexibility index (Phi) is 4.52. The van der Waals surface area contributed by atoms with E-state index < -0.39 is 0 Å². The van der Waals surface area contributed by atoms with Crippen molar-refractivity contribution in [3.05, 3.63) is 17.6 Å². The third kappa shape index (κ3) is 3.07. The predicted octanol–water partition coefficient (Wildman–Crippen LogP) is 3.94. The van der Waals surface area contributed by atoms with Gasteiger partial charge in [-0.25, -0.2) is 9.97 Å². The Hall–Kier alpha value is -2.11. The van der Waals surface area contributed by atoms with Gasteiger partial charge in [-0.1, -0.05) is 12.8 Å². The van der Waals surface area contributed by atoms with Gasteiger partial charge >= 0.3 is 0 Å². The molecule has 1 aliphatic heterocycles. The molecule has 2 saturated carbocycles. The molecular formula is C22H30N4O2. The van der Waals surface area contributed by atoms with Crippen LogP contribution in [0.5, 0.6) is 5.88 Å². The van der Waals surface area contributed by atoms with Crippen molar-refractivity contribution in [1.82, 2.24) is 19.4 Å². The maximum Gasteiger partial charge on any atom is 0.226 e. The van der Waals surface area contributed by atoms with Crippen LogP contribution >= 0.6 is 0 Å². The van der Waals surface area contributed by atoms with Crippen LogP contribution in [0.3, 0.4) is 0 Å². The van der Waals surface area contributed by atoms with E-state index in [9.17, 15) is 4.79 Å². The van der Waals surface area contributed by atoms with E-state index in [2.05, 4.69) is 28.4 Å². The Morgan fingerprint density at radius 3 is 2.43 bits per heavy atom. The number of nitrogens with zero attached hydrogens (tertiary/aromatic N) is 4. The fourth-order valence-corrected chi connectivity index (χ4v) is 5.03. The quantitative estimate of drug-likeness (QED) is 0.803. The fourth-order valence-electron chi connectivity index (χ4n) is 5.03. The molecule has 3 heterocycles. The number of rotatable bonds is 4. The second-order valence-electron chi connectivity index (χ2n) is 8.81. The van der Waals surface area contributed by atoms with Gasteiger partial charge in [-0.2, -0.15) is 0 Å². The summed E-state index contributed by atoms with van der Waals surface area (Å²) in [5.41, 5.74) is 3.55. The smallest absolute Gasteiger partial charge is 0.226 e. The number of piperidine rings is 1. The molecule has 6 heteroatoms. The highest BCUT2D eigenvalue weighted by atomic mass is 16.5. The maximum atomic E-state index is 12.3. The summed E-state index contributed by atoms with van der Waals surface area (Å²) in [6.07, 6.45) is 10.7. The van der Waals surface area contributed by atoms with Crippen molar-refractivity contribution in [3.8, 4) is 5.88 Å². The van der Waals surface area contributed by atoms with Gasteiger partial charge < -0.3 is 14.2 Å². The summed E-state index contributed by atoms with van der Waals surface area (Å²) in [5, 5.41) is 1.07. The molecule has 1 amide bonds. The Bertz CT molecular complexity index is 888. The van der Waals surface area contributed by atoms with Gasteiger partial charge in [0, 0.05) is 43.6 Å². The molecule has 0 radical (unpaired) electrons. The van der Waals surface area contributed by atoms with E-state index in [0.29, 0.717) is 23.7 Å². The lowest BCUT2D eigenvalue weighted by atomic mass is 10.1. The molecule has 6 nitrogen and oxygen atoms in total. The molecule has 2 aliphatic carbocycles. The highest BCUT2D eigenvalue weighted by Crippen LogP contribution is 2.38. The van der Waals surface area contributed by atoms with E-state index in [4.69, 9.17) is 4.74 Å². The summed E-state index contributed by atoms with van der Waals surface area (Å²) in [6, 6.07) is 0.552. The summed E-state index contributed by atoms with van der Waals surface area (Å²) < 4.78 is 8.80. The van der Waals surface area contributed by atoms with Crippen molar-refractivity contribution in [3.63, 3.8) is 0 Å². The van der Waals surface area contributed by atoms with Gasteiger partial charge in [-0.15, -0.1) is 0 Å². The molecule has 1 saturated heterocycles. The minimum Gasteiger partial charge on any atom is -0.474 e. The molecule has 150 valence electrons. The van der Waals surface area contributed by atoms with Gasteiger partial charge in [-0.05, 0) is 45.1 Å². The molecule has 3 fully saturated rings. The average molecular weight is 383 g/mol. The second-order valence-corrected chi connectivity index (χ2v) is 8.81. The number of aryl methyl sites for hydroxylation is 1. The predicted molar refractivity (Wildman–Crippen MR) is 107 cm³/mol. The lowest BCUT2D eigenvalue weighted by Crippen LogP contribution is -2.42. The van der Waals surface area contributed by atoms with Crippen molar-refractivity contribution < 1.29 is 9.53 Å². The van der Waals surface area contributed by atoms with Gasteiger partial charge in [0.1, 0.15) is 18.1 Å². The molecular weight excluding hydrogens is 352 g/mol. The van der Waals surface area contributed by atoms with Crippen LogP contribution in [-0.2, 0) is 4.79 Å². The fraction of sp³-hybridized carbons (Fsp3) is 0.682. The normalized spacial score (nSPS) is 21.6. The first kappa shape index (κ1) is 18.0. The van der Waals surface area contributed by atoms with Crippen molar-refractivity contribution in [2.45, 2.75) is 77.4 Å². The number of aromatic nitrogens is 3. The molecule has 5 rings (SSSR count). The Morgan fingerprint density at radius 2 is 1.75 bits per heavy atom. The number of hydrogen-bond acceptors (Lipinski definition) is 4. The van der Waals surface area contributed by atoms with Crippen LogP contribution in [0.1, 0.15) is 68.7 Å². The number of ether oxygens (including phenoxy) is 1. The molecule has 2 aromatic rings. The van der Waals surface area contributed by atoms with Gasteiger partial charge in [0.25, 0.3) is 0 Å². The lowest BCUT2D eigenvalue weighted by molar-refractivity contribution is -0.134. The summed E-state index contributed by atoms with van der Waals surface area (Å²) in [7, 11) is 0. The van der Waals surface area contributed by atoms with Crippen molar-refractivity contribution in [2.24, 2.45) is 5.92 Å². The van der Waals surface area contributed by atoms with Crippen LogP contribution in [0.2, 0.25) is 0 Å². The second kappa shape index (κ2) is 7.05. The van der Waals surface area contributed by atoms with E-state index in [1.807, 2.05) is 4.90 Å². The van der Waals surface area contributed by atoms with E-state index in [1.165, 1.54) is 36.9 Å². The average Bonchev–Trinajstić information content (AvgIpc) is 3.36. The van der Waals surface area contributed by atoms with E-state index in [-0.39, 0.29) is 6.10 Å². The van der Waals surface area contributed by atoms with Crippen LogP contribution in [0.25, 0.3) is 11.0 Å². The van der Waals surface area contributed by atoms with E-state index in [0.717, 1.165) is 49.8 Å². The van der Waals surface area contributed by atoms with Crippen molar-refractivity contribution >= 4 is 16.9 Å². The Balaban J connectivity index is 1.36. The number of carbonyl (C=O) groups is 1. The Morgan fingerprint density at radius 1 is 1.04 bits per heavy atom. The first-order valence-corrected chi connectivity index (χ1v) is 10.9. The first-order chi connectivity index (χ1) is 13.6. The first-order valence-electron chi connectivity index (χ1n) is 10.9. The molecule has 28 heavy (non-hydrogen) atoms. The van der Waals surface area contributed by atoms with Crippen molar-refractivity contribution in [1.29, 1.82) is 0 Å². The van der Waals surface area contributed by atoms with Crippen LogP contribution in [0, 0.1) is 19.8 Å². The zero-order chi connectivity index (χ0) is 19.3. The van der Waals surface area contributed by atoms with Gasteiger partial charge in [0.2, 0.25) is 11.8 Å². The van der Waals surface area contributed by atoms with Crippen LogP contribution < -0.4 is 4.74 Å². The van der Waals surface area contributed by atoms with E-state index >= 15 is 0 Å². The van der Waals surface area contributed by atoms with Gasteiger partial charge in [0.15, 0.2) is 0 Å². The topological polar surface area (TPSA) is 60.2 Å². The SMILES string of the molecule is Cc1c(C)n(C2CCCC2)c2ncnc(OC3CCN(C(=O)C4CC4)CC3)c12. The Labute approximate surface area is 166 Å². The summed E-state index contributed by atoms with van der Waals surface area (Å²) in [6.45, 7) is 5.96. The molecule has 3 aliphatic rings. The van der Waals surface area contributed by atoms with Crippen LogP contribution in [0.4, 0.5) is 0 Å². The van der Waals surface area contributed by atoms with Crippen LogP contribution in [0.15, 0.2) is 6.33 Å². The largest absolute Gasteiger partial charge is 0.474 e. The number of likely N-dealkylation sites (tertiary alicyclic amines) is 1. The van der Waals surface area contributed by atoms with Crippen molar-refractivity contribution in [2.75, 3.05) is 13.1 Å². The number of hydrogen-bond donors (Lipinski definition) is 0. The van der Waals surface area contributed by atoms with Gasteiger partial charge in [-0.3, -0.25) is 4.79 Å². The number of fused-ring (bicyclic) bond motifs is 1. The van der Waals surface area contributed by atoms with Gasteiger partial charge in [0.05, 0.1) is 5.39 Å². The lowest BCUT2D eigenvalue weighted by Gasteiger charge is -2.32. The monoisotopic (exact) mass is 382 g/mol.